The molecule has 0 radical (unpaired) electrons. The Morgan fingerprint density at radius 2 is 1.95 bits per heavy atom. The van der Waals surface area contributed by atoms with Gasteiger partial charge in [-0.1, -0.05) is 23.7 Å². The largest absolute Gasteiger partial charge is 0.491 e. The van der Waals surface area contributed by atoms with Crippen LogP contribution < -0.4 is 10.1 Å². The highest BCUT2D eigenvalue weighted by Crippen LogP contribution is 2.37. The zero-order valence-corrected chi connectivity index (χ0v) is 22.9. The first-order valence-electron chi connectivity index (χ1n) is 14.0. The molecule has 4 aromatic rings. The van der Waals surface area contributed by atoms with Crippen molar-refractivity contribution in [3.63, 3.8) is 0 Å². The Morgan fingerprint density at radius 3 is 2.82 bits per heavy atom. The van der Waals surface area contributed by atoms with Gasteiger partial charge in [0.1, 0.15) is 18.1 Å². The third kappa shape index (κ3) is 4.47. The average molecular weight is 542 g/mol. The van der Waals surface area contributed by atoms with Crippen LogP contribution in [0.25, 0.3) is 33.4 Å². The fourth-order valence-corrected chi connectivity index (χ4v) is 6.98. The van der Waals surface area contributed by atoms with E-state index < -0.39 is 0 Å². The Morgan fingerprint density at radius 1 is 1.05 bits per heavy atom. The van der Waals surface area contributed by atoms with E-state index >= 15 is 0 Å². The highest BCUT2D eigenvalue weighted by atomic mass is 35.5. The summed E-state index contributed by atoms with van der Waals surface area (Å²) in [4.78, 5) is 19.7. The van der Waals surface area contributed by atoms with Gasteiger partial charge in [0.2, 0.25) is 0 Å². The molecule has 0 spiro atoms. The lowest BCUT2D eigenvalue weighted by molar-refractivity contribution is 0.0957. The minimum atomic E-state index is -0.119. The van der Waals surface area contributed by atoms with Crippen molar-refractivity contribution < 1.29 is 9.53 Å². The molecular weight excluding hydrogens is 510 g/mol. The molecule has 2 atom stereocenters. The third-order valence-electron chi connectivity index (χ3n) is 8.73. The molecule has 4 heterocycles. The van der Waals surface area contributed by atoms with Gasteiger partial charge < -0.3 is 10.1 Å². The van der Waals surface area contributed by atoms with Crippen molar-refractivity contribution in [1.82, 2.24) is 25.4 Å². The molecule has 2 aromatic carbocycles. The predicted molar refractivity (Wildman–Crippen MR) is 153 cm³/mol. The summed E-state index contributed by atoms with van der Waals surface area (Å²) >= 11 is 6.92. The fourth-order valence-electron chi connectivity index (χ4n) is 6.65. The van der Waals surface area contributed by atoms with Gasteiger partial charge in [0.25, 0.3) is 5.91 Å². The molecular formula is C31H32ClN5O2. The first-order valence-corrected chi connectivity index (χ1v) is 14.4. The normalized spacial score (nSPS) is 21.5. The molecule has 1 amide bonds. The van der Waals surface area contributed by atoms with Crippen molar-refractivity contribution in [2.75, 3.05) is 19.7 Å². The summed E-state index contributed by atoms with van der Waals surface area (Å²) in [5.41, 5.74) is 7.66. The van der Waals surface area contributed by atoms with E-state index in [2.05, 4.69) is 50.5 Å². The molecule has 2 N–H and O–H groups in total. The second-order valence-corrected chi connectivity index (χ2v) is 11.5. The topological polar surface area (TPSA) is 83.1 Å². The van der Waals surface area contributed by atoms with Crippen LogP contribution in [-0.4, -0.2) is 57.8 Å². The van der Waals surface area contributed by atoms with E-state index in [-0.39, 0.29) is 5.91 Å². The number of pyridine rings is 1. The molecule has 39 heavy (non-hydrogen) atoms. The fraction of sp³-hybridized carbons (Fsp3) is 0.387. The number of aryl methyl sites for hydroxylation is 1. The molecule has 8 heteroatoms. The number of H-pyrrole nitrogens is 1. The molecule has 1 fully saturated rings. The first-order chi connectivity index (χ1) is 19.0. The second kappa shape index (κ2) is 9.96. The molecule has 7 rings (SSSR count). The number of ether oxygens (including phenoxy) is 1. The lowest BCUT2D eigenvalue weighted by Gasteiger charge is -2.30. The molecule has 0 bridgehead atoms. The minimum Gasteiger partial charge on any atom is -0.491 e. The van der Waals surface area contributed by atoms with Gasteiger partial charge in [-0.2, -0.15) is 5.10 Å². The van der Waals surface area contributed by atoms with Crippen molar-refractivity contribution in [3.8, 4) is 28.1 Å². The Hall–Kier alpha value is -3.42. The zero-order chi connectivity index (χ0) is 26.5. The smallest absolute Gasteiger partial charge is 0.255 e. The molecule has 0 saturated carbocycles. The first kappa shape index (κ1) is 24.6. The van der Waals surface area contributed by atoms with Gasteiger partial charge in [0, 0.05) is 39.8 Å². The average Bonchev–Trinajstić information content (AvgIpc) is 3.44. The summed E-state index contributed by atoms with van der Waals surface area (Å²) in [5.74, 6) is 0.452. The van der Waals surface area contributed by atoms with Crippen molar-refractivity contribution in [1.29, 1.82) is 0 Å². The summed E-state index contributed by atoms with van der Waals surface area (Å²) < 4.78 is 5.83. The number of carbonyl (C=O) groups is 1. The highest BCUT2D eigenvalue weighted by Gasteiger charge is 2.29. The van der Waals surface area contributed by atoms with Crippen molar-refractivity contribution in [2.45, 2.75) is 57.5 Å². The number of rotatable bonds is 3. The molecule has 3 aliphatic rings. The van der Waals surface area contributed by atoms with E-state index in [1.165, 1.54) is 43.4 Å². The van der Waals surface area contributed by atoms with E-state index in [1.54, 1.807) is 6.07 Å². The van der Waals surface area contributed by atoms with E-state index in [0.717, 1.165) is 45.6 Å². The van der Waals surface area contributed by atoms with Crippen LogP contribution in [0.15, 0.2) is 42.6 Å². The molecule has 1 unspecified atom stereocenters. The van der Waals surface area contributed by atoms with E-state index in [9.17, 15) is 4.79 Å². The summed E-state index contributed by atoms with van der Waals surface area (Å²) in [6.07, 6.45) is 8.95. The van der Waals surface area contributed by atoms with Gasteiger partial charge in [0.15, 0.2) is 5.65 Å². The Kier molecular flexibility index (Phi) is 6.28. The molecule has 7 nitrogen and oxygen atoms in total. The monoisotopic (exact) mass is 541 g/mol. The number of fused-ring (bicyclic) bond motifs is 3. The second-order valence-electron chi connectivity index (χ2n) is 11.1. The SMILES string of the molecule is C[C@@H]1CCCN1C1CCc2cc(-c3cnc4[nH]nc(-c5ccc6c(c5)OCCNC6=O)c4c3)cc(Cl)c2CC1. The number of benzene rings is 2. The van der Waals surface area contributed by atoms with Crippen molar-refractivity contribution in [3.05, 3.63) is 64.3 Å². The molecule has 200 valence electrons. The zero-order valence-electron chi connectivity index (χ0n) is 22.1. The minimum absolute atomic E-state index is 0.119. The quantitative estimate of drug-likeness (QED) is 0.320. The van der Waals surface area contributed by atoms with Crippen LogP contribution in [0.5, 0.6) is 5.75 Å². The molecule has 2 aliphatic heterocycles. The maximum Gasteiger partial charge on any atom is 0.255 e. The van der Waals surface area contributed by atoms with Crippen LogP contribution >= 0.6 is 11.6 Å². The maximum atomic E-state index is 12.3. The third-order valence-corrected chi connectivity index (χ3v) is 9.07. The van der Waals surface area contributed by atoms with E-state index in [0.29, 0.717) is 42.2 Å². The van der Waals surface area contributed by atoms with Crippen LogP contribution in [-0.2, 0) is 12.8 Å². The van der Waals surface area contributed by atoms with Gasteiger partial charge in [0.05, 0.1) is 12.1 Å². The molecule has 1 saturated heterocycles. The van der Waals surface area contributed by atoms with Crippen LogP contribution in [0, 0.1) is 0 Å². The lowest BCUT2D eigenvalue weighted by atomic mass is 9.96. The summed E-state index contributed by atoms with van der Waals surface area (Å²) in [5, 5.41) is 12.2. The van der Waals surface area contributed by atoms with Crippen LogP contribution in [0.4, 0.5) is 0 Å². The van der Waals surface area contributed by atoms with Crippen molar-refractivity contribution >= 4 is 28.5 Å². The summed E-state index contributed by atoms with van der Waals surface area (Å²) in [6, 6.07) is 13.5. The number of carbonyl (C=O) groups excluding carboxylic acids is 1. The molecule has 2 aromatic heterocycles. The van der Waals surface area contributed by atoms with E-state index in [4.69, 9.17) is 16.3 Å². The van der Waals surface area contributed by atoms with Crippen molar-refractivity contribution in [2.24, 2.45) is 0 Å². The number of aromatic nitrogens is 3. The number of halogens is 1. The number of hydrogen-bond acceptors (Lipinski definition) is 5. The number of aromatic amines is 1. The maximum absolute atomic E-state index is 12.3. The lowest BCUT2D eigenvalue weighted by Crippen LogP contribution is -2.37. The molecule has 1 aliphatic carbocycles. The van der Waals surface area contributed by atoms with Gasteiger partial charge in [-0.05, 0) is 92.9 Å². The van der Waals surface area contributed by atoms with Crippen LogP contribution in [0.1, 0.15) is 54.1 Å². The Bertz CT molecular complexity index is 1580. The summed E-state index contributed by atoms with van der Waals surface area (Å²) in [7, 11) is 0. The number of likely N-dealkylation sites (tertiary alicyclic amines) is 1. The predicted octanol–water partition coefficient (Wildman–Crippen LogP) is 5.80. The van der Waals surface area contributed by atoms with Gasteiger partial charge in [-0.15, -0.1) is 0 Å². The summed E-state index contributed by atoms with van der Waals surface area (Å²) in [6.45, 7) is 4.52. The van der Waals surface area contributed by atoms with Crippen LogP contribution in [0.3, 0.4) is 0 Å². The standard InChI is InChI=1S/C31H32ClN5O2/c1-18-3-2-11-37(18)23-6-4-19-13-21(15-27(32)24(19)9-7-23)22-14-26-29(35-36-30(26)34-17-22)20-5-8-25-28(16-20)39-12-10-33-31(25)38/h5,8,13-18,23H,2-4,6-7,9-12H2,1H3,(H,33,38)(H,34,35,36)/t18-,23?/m1/s1. The number of nitrogens with zero attached hydrogens (tertiary/aromatic N) is 3. The van der Waals surface area contributed by atoms with Crippen LogP contribution in [0.2, 0.25) is 5.02 Å². The van der Waals surface area contributed by atoms with Gasteiger partial charge in [-0.3, -0.25) is 14.8 Å². The Balaban J connectivity index is 1.22. The van der Waals surface area contributed by atoms with E-state index in [1.807, 2.05) is 18.3 Å². The number of hydrogen-bond donors (Lipinski definition) is 2. The Labute approximate surface area is 232 Å². The highest BCUT2D eigenvalue weighted by molar-refractivity contribution is 6.31. The van der Waals surface area contributed by atoms with Gasteiger partial charge in [-0.25, -0.2) is 4.98 Å². The number of nitrogens with one attached hydrogen (secondary N) is 2. The number of amides is 1. The van der Waals surface area contributed by atoms with Gasteiger partial charge >= 0.3 is 0 Å².